The molecular formula is C25H23N3O4. The Kier molecular flexibility index (Phi) is 4.10. The first-order valence-corrected chi connectivity index (χ1v) is 10.6. The zero-order chi connectivity index (χ0) is 22.0. The van der Waals surface area contributed by atoms with Crippen molar-refractivity contribution in [1.82, 2.24) is 14.5 Å². The lowest BCUT2D eigenvalue weighted by Crippen LogP contribution is -2.26. The molecule has 0 radical (unpaired) electrons. The Labute approximate surface area is 184 Å². The number of aromatic carboxylic acids is 1. The number of aromatic amines is 1. The fraction of sp³-hybridized carbons (Fsp3) is 0.240. The van der Waals surface area contributed by atoms with E-state index in [1.54, 1.807) is 0 Å². The van der Waals surface area contributed by atoms with Crippen molar-refractivity contribution in [2.24, 2.45) is 0 Å². The number of carboxylic acid groups (broad SMARTS) is 1. The summed E-state index contributed by atoms with van der Waals surface area (Å²) in [5, 5.41) is 11.1. The smallest absolute Gasteiger partial charge is 0.337 e. The van der Waals surface area contributed by atoms with Crippen LogP contribution in [0, 0.1) is 0 Å². The number of fused-ring (bicyclic) bond motifs is 5. The van der Waals surface area contributed by atoms with Gasteiger partial charge >= 0.3 is 5.97 Å². The Bertz CT molecular complexity index is 1380. The van der Waals surface area contributed by atoms with Crippen molar-refractivity contribution < 1.29 is 19.4 Å². The number of rotatable bonds is 4. The van der Waals surface area contributed by atoms with Gasteiger partial charge in [0, 0.05) is 41.0 Å². The van der Waals surface area contributed by atoms with Crippen molar-refractivity contribution >= 4 is 16.9 Å². The second-order valence-corrected chi connectivity index (χ2v) is 8.66. The molecule has 2 aliphatic heterocycles. The van der Waals surface area contributed by atoms with Crippen LogP contribution in [0.2, 0.25) is 0 Å². The molecule has 0 aliphatic carbocycles. The number of carbonyl (C=O) groups is 1. The minimum atomic E-state index is -0.897. The van der Waals surface area contributed by atoms with Gasteiger partial charge in [0.15, 0.2) is 11.5 Å². The zero-order valence-electron chi connectivity index (χ0n) is 17.9. The average Bonchev–Trinajstić information content (AvgIpc) is 3.47. The maximum absolute atomic E-state index is 12.2. The van der Waals surface area contributed by atoms with Crippen LogP contribution >= 0.6 is 0 Å². The summed E-state index contributed by atoms with van der Waals surface area (Å²) >= 11 is 0. The third-order valence-electron chi connectivity index (χ3n) is 6.37. The lowest BCUT2D eigenvalue weighted by atomic mass is 9.91. The number of H-pyrrole nitrogens is 1. The van der Waals surface area contributed by atoms with E-state index in [9.17, 15) is 9.90 Å². The Morgan fingerprint density at radius 2 is 1.97 bits per heavy atom. The van der Waals surface area contributed by atoms with E-state index in [1.807, 2.05) is 50.5 Å². The van der Waals surface area contributed by atoms with Crippen molar-refractivity contribution in [2.45, 2.75) is 19.0 Å². The van der Waals surface area contributed by atoms with Crippen molar-refractivity contribution in [3.05, 3.63) is 82.3 Å². The maximum Gasteiger partial charge on any atom is 0.337 e. The molecule has 1 atom stereocenters. The minimum absolute atomic E-state index is 0.196. The fourth-order valence-electron chi connectivity index (χ4n) is 5.10. The third kappa shape index (κ3) is 2.74. The van der Waals surface area contributed by atoms with Crippen molar-refractivity contribution in [3.63, 3.8) is 0 Å². The minimum Gasteiger partial charge on any atom is -0.478 e. The number of para-hydroxylation sites is 1. The number of ether oxygens (including phenoxy) is 2. The molecule has 2 aliphatic rings. The first-order chi connectivity index (χ1) is 15.5. The number of nitrogens with one attached hydrogen (secondary N) is 1. The highest BCUT2D eigenvalue weighted by Gasteiger charge is 2.35. The molecule has 0 spiro atoms. The lowest BCUT2D eigenvalue weighted by Gasteiger charge is -2.30. The molecule has 32 heavy (non-hydrogen) atoms. The Morgan fingerprint density at radius 3 is 2.78 bits per heavy atom. The average molecular weight is 429 g/mol. The van der Waals surface area contributed by atoms with Gasteiger partial charge in [0.05, 0.1) is 11.6 Å². The van der Waals surface area contributed by atoms with Crippen LogP contribution in [-0.4, -0.2) is 46.4 Å². The van der Waals surface area contributed by atoms with Crippen LogP contribution in [-0.2, 0) is 13.0 Å². The van der Waals surface area contributed by atoms with E-state index >= 15 is 0 Å². The molecule has 2 aromatic carbocycles. The molecule has 0 fully saturated rings. The maximum atomic E-state index is 12.2. The molecule has 4 aromatic rings. The van der Waals surface area contributed by atoms with Gasteiger partial charge in [-0.3, -0.25) is 0 Å². The van der Waals surface area contributed by atoms with E-state index in [0.29, 0.717) is 24.3 Å². The summed E-state index contributed by atoms with van der Waals surface area (Å²) in [6.07, 6.45) is 0.565. The van der Waals surface area contributed by atoms with E-state index < -0.39 is 5.97 Å². The van der Waals surface area contributed by atoms with Gasteiger partial charge in [-0.05, 0) is 49.5 Å². The monoisotopic (exact) mass is 429 g/mol. The Hall–Kier alpha value is -3.71. The van der Waals surface area contributed by atoms with Gasteiger partial charge in [0.25, 0.3) is 0 Å². The normalized spacial score (nSPS) is 16.4. The quantitative estimate of drug-likeness (QED) is 0.451. The van der Waals surface area contributed by atoms with Gasteiger partial charge in [-0.15, -0.1) is 0 Å². The summed E-state index contributed by atoms with van der Waals surface area (Å²) in [6.45, 7) is 0.849. The largest absolute Gasteiger partial charge is 0.478 e. The van der Waals surface area contributed by atoms with Crippen LogP contribution in [0.25, 0.3) is 10.9 Å². The molecule has 0 saturated carbocycles. The van der Waals surface area contributed by atoms with E-state index in [1.165, 1.54) is 0 Å². The van der Waals surface area contributed by atoms with Crippen molar-refractivity contribution in [2.75, 3.05) is 20.9 Å². The number of benzene rings is 2. The summed E-state index contributed by atoms with van der Waals surface area (Å²) in [5.41, 5.74) is 6.47. The molecule has 2 N–H and O–H groups in total. The molecule has 4 heterocycles. The summed E-state index contributed by atoms with van der Waals surface area (Å²) < 4.78 is 13.4. The molecule has 0 saturated heterocycles. The van der Waals surface area contributed by atoms with Crippen molar-refractivity contribution in [1.29, 1.82) is 0 Å². The second kappa shape index (κ2) is 6.90. The number of nitrogens with zero attached hydrogens (tertiary/aromatic N) is 2. The van der Waals surface area contributed by atoms with E-state index in [2.05, 4.69) is 26.6 Å². The second-order valence-electron chi connectivity index (χ2n) is 8.66. The van der Waals surface area contributed by atoms with Crippen LogP contribution < -0.4 is 9.47 Å². The first kappa shape index (κ1) is 19.0. The van der Waals surface area contributed by atoms with Gasteiger partial charge in [-0.25, -0.2) is 4.79 Å². The Balaban J connectivity index is 1.65. The summed E-state index contributed by atoms with van der Waals surface area (Å²) in [5.74, 6) is 0.549. The predicted octanol–water partition coefficient (Wildman–Crippen LogP) is 4.00. The number of hydrogen-bond donors (Lipinski definition) is 2. The number of carboxylic acids is 1. The molecular weight excluding hydrogens is 406 g/mol. The van der Waals surface area contributed by atoms with Gasteiger partial charge in [0.1, 0.15) is 0 Å². The topological polar surface area (TPSA) is 79.7 Å². The highest BCUT2D eigenvalue weighted by atomic mass is 16.7. The van der Waals surface area contributed by atoms with Gasteiger partial charge in [0.2, 0.25) is 6.79 Å². The number of aromatic nitrogens is 2. The van der Waals surface area contributed by atoms with E-state index in [0.717, 1.165) is 44.9 Å². The molecule has 7 nitrogen and oxygen atoms in total. The fourth-order valence-corrected chi connectivity index (χ4v) is 5.10. The van der Waals surface area contributed by atoms with Crippen LogP contribution in [0.1, 0.15) is 44.6 Å². The standard InChI is InChI=1S/C25H23N3O4/c1-27(2)12-15-10-18(25(29)30)20-11-17-16-5-3-4-6-19(16)26-23(17)24(28(15)20)14-7-8-21-22(9-14)32-13-31-21/h3-10,24,26H,11-13H2,1-2H3,(H,29,30). The van der Waals surface area contributed by atoms with Crippen molar-refractivity contribution in [3.8, 4) is 11.5 Å². The van der Waals surface area contributed by atoms with Gasteiger partial charge in [-0.1, -0.05) is 24.3 Å². The van der Waals surface area contributed by atoms with Crippen LogP contribution in [0.3, 0.4) is 0 Å². The molecule has 2 aromatic heterocycles. The SMILES string of the molecule is CN(C)Cc1cc(C(=O)O)c2n1C(c1ccc3c(c1)OCO3)c1[nH]c3ccccc3c1C2. The highest BCUT2D eigenvalue weighted by Crippen LogP contribution is 2.44. The van der Waals surface area contributed by atoms with E-state index in [4.69, 9.17) is 9.47 Å². The lowest BCUT2D eigenvalue weighted by molar-refractivity contribution is 0.0695. The van der Waals surface area contributed by atoms with E-state index in [-0.39, 0.29) is 12.8 Å². The summed E-state index contributed by atoms with van der Waals surface area (Å²) in [6, 6.07) is 15.8. The van der Waals surface area contributed by atoms with Crippen LogP contribution in [0.4, 0.5) is 0 Å². The molecule has 162 valence electrons. The highest BCUT2D eigenvalue weighted by molar-refractivity contribution is 5.91. The summed E-state index contributed by atoms with van der Waals surface area (Å²) in [7, 11) is 3.99. The molecule has 1 unspecified atom stereocenters. The predicted molar refractivity (Wildman–Crippen MR) is 120 cm³/mol. The number of hydrogen-bond acceptors (Lipinski definition) is 4. The molecule has 0 bridgehead atoms. The molecule has 7 heteroatoms. The Morgan fingerprint density at radius 1 is 1.16 bits per heavy atom. The third-order valence-corrected chi connectivity index (χ3v) is 6.37. The summed E-state index contributed by atoms with van der Waals surface area (Å²) in [4.78, 5) is 17.9. The van der Waals surface area contributed by atoms with Gasteiger partial charge in [-0.2, -0.15) is 0 Å². The van der Waals surface area contributed by atoms with Crippen LogP contribution in [0.5, 0.6) is 11.5 Å². The van der Waals surface area contributed by atoms with Gasteiger partial charge < -0.3 is 29.0 Å². The zero-order valence-corrected chi connectivity index (χ0v) is 17.9. The first-order valence-electron chi connectivity index (χ1n) is 10.6. The van der Waals surface area contributed by atoms with Crippen LogP contribution in [0.15, 0.2) is 48.5 Å². The molecule has 6 rings (SSSR count). The molecule has 0 amide bonds.